The van der Waals surface area contributed by atoms with Crippen LogP contribution in [0.4, 0.5) is 4.39 Å². The Morgan fingerprint density at radius 2 is 2.11 bits per heavy atom. The van der Waals surface area contributed by atoms with Gasteiger partial charge in [0, 0.05) is 33.1 Å². The van der Waals surface area contributed by atoms with E-state index in [9.17, 15) is 9.18 Å². The summed E-state index contributed by atoms with van der Waals surface area (Å²) >= 11 is 0. The predicted molar refractivity (Wildman–Crippen MR) is 106 cm³/mol. The third-order valence-corrected chi connectivity index (χ3v) is 3.81. The summed E-state index contributed by atoms with van der Waals surface area (Å²) in [6, 6.07) is 9.74. The number of ether oxygens (including phenoxy) is 1. The minimum absolute atomic E-state index is 0.0300. The molecule has 0 aliphatic rings. The Hall–Kier alpha value is -3.03. The molecule has 1 unspecified atom stereocenters. The Labute approximate surface area is 164 Å². The molecule has 1 atom stereocenters. The maximum absolute atomic E-state index is 13.3. The molecular weight excluding hydrogens is 363 g/mol. The first-order chi connectivity index (χ1) is 13.4. The monoisotopic (exact) mass is 390 g/mol. The average molecular weight is 390 g/mol. The van der Waals surface area contributed by atoms with Gasteiger partial charge in [0.15, 0.2) is 5.96 Å². The van der Waals surface area contributed by atoms with Crippen molar-refractivity contribution in [1.29, 1.82) is 0 Å². The Bertz CT molecular complexity index is 763. The van der Waals surface area contributed by atoms with Gasteiger partial charge < -0.3 is 24.7 Å². The zero-order chi connectivity index (χ0) is 20.4. The van der Waals surface area contributed by atoms with Crippen LogP contribution in [0.2, 0.25) is 0 Å². The standard InChI is InChI=1S/C20H27FN4O3/c1-15(28-18-7-4-6-16(21)12-18)13-23-20(24-14-19(26)25(2)3)22-10-9-17-8-5-11-27-17/h4-8,11-12,15H,9-10,13-14H2,1-3H3,(H2,22,23,24). The van der Waals surface area contributed by atoms with Gasteiger partial charge in [-0.2, -0.15) is 0 Å². The molecule has 0 saturated heterocycles. The molecule has 0 bridgehead atoms. The second kappa shape index (κ2) is 11.0. The van der Waals surface area contributed by atoms with Crippen molar-refractivity contribution >= 4 is 11.9 Å². The number of rotatable bonds is 9. The Morgan fingerprint density at radius 3 is 2.79 bits per heavy atom. The quantitative estimate of drug-likeness (QED) is 0.506. The minimum atomic E-state index is -0.346. The van der Waals surface area contributed by atoms with E-state index in [4.69, 9.17) is 9.15 Å². The van der Waals surface area contributed by atoms with E-state index in [0.717, 1.165) is 5.76 Å². The van der Waals surface area contributed by atoms with Crippen molar-refractivity contribution in [2.45, 2.75) is 19.4 Å². The van der Waals surface area contributed by atoms with Crippen molar-refractivity contribution in [1.82, 2.24) is 15.5 Å². The molecule has 0 aliphatic carbocycles. The van der Waals surface area contributed by atoms with E-state index in [1.807, 2.05) is 19.1 Å². The maximum atomic E-state index is 13.3. The molecule has 2 aromatic rings. The SMILES string of the molecule is CC(CNC(=NCC(=O)N(C)C)NCCc1ccco1)Oc1cccc(F)c1. The van der Waals surface area contributed by atoms with Crippen molar-refractivity contribution in [3.8, 4) is 5.75 Å². The molecule has 2 N–H and O–H groups in total. The van der Waals surface area contributed by atoms with Crippen LogP contribution in [0.25, 0.3) is 0 Å². The molecule has 0 fully saturated rings. The first-order valence-corrected chi connectivity index (χ1v) is 9.11. The van der Waals surface area contributed by atoms with Gasteiger partial charge in [-0.3, -0.25) is 4.79 Å². The highest BCUT2D eigenvalue weighted by Gasteiger charge is 2.09. The number of hydrogen-bond donors (Lipinski definition) is 2. The summed E-state index contributed by atoms with van der Waals surface area (Å²) in [6.07, 6.45) is 2.08. The molecule has 7 nitrogen and oxygen atoms in total. The van der Waals surface area contributed by atoms with Crippen molar-refractivity contribution in [3.05, 3.63) is 54.2 Å². The zero-order valence-corrected chi connectivity index (χ0v) is 16.4. The number of nitrogens with zero attached hydrogens (tertiary/aromatic N) is 2. The van der Waals surface area contributed by atoms with E-state index in [1.54, 1.807) is 32.5 Å². The number of halogens is 1. The first-order valence-electron chi connectivity index (χ1n) is 9.11. The molecule has 8 heteroatoms. The summed E-state index contributed by atoms with van der Waals surface area (Å²) in [7, 11) is 3.37. The topological polar surface area (TPSA) is 79.1 Å². The summed E-state index contributed by atoms with van der Waals surface area (Å²) in [6.45, 7) is 2.92. The number of nitrogens with one attached hydrogen (secondary N) is 2. The lowest BCUT2D eigenvalue weighted by atomic mass is 10.3. The lowest BCUT2D eigenvalue weighted by Gasteiger charge is -2.18. The number of hydrogen-bond acceptors (Lipinski definition) is 4. The molecule has 28 heavy (non-hydrogen) atoms. The van der Waals surface area contributed by atoms with Crippen LogP contribution in [0, 0.1) is 5.82 Å². The largest absolute Gasteiger partial charge is 0.489 e. The second-order valence-corrected chi connectivity index (χ2v) is 6.48. The van der Waals surface area contributed by atoms with Crippen LogP contribution in [0.1, 0.15) is 12.7 Å². The summed E-state index contributed by atoms with van der Waals surface area (Å²) in [5.41, 5.74) is 0. The highest BCUT2D eigenvalue weighted by atomic mass is 19.1. The van der Waals surface area contributed by atoms with Crippen molar-refractivity contribution in [2.75, 3.05) is 33.7 Å². The fraction of sp³-hybridized carbons (Fsp3) is 0.400. The van der Waals surface area contributed by atoms with Gasteiger partial charge in [0.1, 0.15) is 30.0 Å². The van der Waals surface area contributed by atoms with Crippen LogP contribution in [0.3, 0.4) is 0 Å². The average Bonchev–Trinajstić information content (AvgIpc) is 3.16. The van der Waals surface area contributed by atoms with Gasteiger partial charge in [-0.15, -0.1) is 0 Å². The van der Waals surface area contributed by atoms with Gasteiger partial charge in [0.05, 0.1) is 12.8 Å². The van der Waals surface area contributed by atoms with Crippen molar-refractivity contribution < 1.29 is 18.3 Å². The maximum Gasteiger partial charge on any atom is 0.243 e. The molecule has 0 saturated carbocycles. The van der Waals surface area contributed by atoms with E-state index in [0.29, 0.717) is 31.2 Å². The minimum Gasteiger partial charge on any atom is -0.489 e. The fourth-order valence-corrected chi connectivity index (χ4v) is 2.28. The fourth-order valence-electron chi connectivity index (χ4n) is 2.28. The molecule has 1 amide bonds. The lowest BCUT2D eigenvalue weighted by Crippen LogP contribution is -2.43. The third kappa shape index (κ3) is 7.69. The van der Waals surface area contributed by atoms with E-state index >= 15 is 0 Å². The summed E-state index contributed by atoms with van der Waals surface area (Å²) in [5, 5.41) is 6.32. The number of carbonyl (C=O) groups excluding carboxylic acids is 1. The van der Waals surface area contributed by atoms with Gasteiger partial charge in [-0.1, -0.05) is 6.07 Å². The number of benzene rings is 1. The molecular formula is C20H27FN4O3. The van der Waals surface area contributed by atoms with E-state index < -0.39 is 0 Å². The van der Waals surface area contributed by atoms with Crippen LogP contribution in [-0.2, 0) is 11.2 Å². The number of likely N-dealkylation sites (N-methyl/N-ethyl adjacent to an activating group) is 1. The number of amides is 1. The molecule has 0 aliphatic heterocycles. The van der Waals surface area contributed by atoms with Crippen LogP contribution < -0.4 is 15.4 Å². The number of furan rings is 1. The zero-order valence-electron chi connectivity index (χ0n) is 16.4. The summed E-state index contributed by atoms with van der Waals surface area (Å²) in [4.78, 5) is 17.6. The van der Waals surface area contributed by atoms with E-state index in [-0.39, 0.29) is 24.4 Å². The van der Waals surface area contributed by atoms with Gasteiger partial charge in [0.25, 0.3) is 0 Å². The van der Waals surface area contributed by atoms with Crippen molar-refractivity contribution in [3.63, 3.8) is 0 Å². The van der Waals surface area contributed by atoms with Crippen LogP contribution in [-0.4, -0.2) is 56.6 Å². The van der Waals surface area contributed by atoms with Crippen LogP contribution in [0.15, 0.2) is 52.1 Å². The van der Waals surface area contributed by atoms with Crippen molar-refractivity contribution in [2.24, 2.45) is 4.99 Å². The molecule has 1 heterocycles. The molecule has 0 radical (unpaired) electrons. The van der Waals surface area contributed by atoms with Crippen LogP contribution in [0.5, 0.6) is 5.75 Å². The Morgan fingerprint density at radius 1 is 1.29 bits per heavy atom. The number of guanidine groups is 1. The second-order valence-electron chi connectivity index (χ2n) is 6.48. The predicted octanol–water partition coefficient (Wildman–Crippen LogP) is 2.05. The Balaban J connectivity index is 1.87. The van der Waals surface area contributed by atoms with Gasteiger partial charge in [-0.25, -0.2) is 9.38 Å². The van der Waals surface area contributed by atoms with Gasteiger partial charge in [-0.05, 0) is 31.2 Å². The number of carbonyl (C=O) groups is 1. The normalized spacial score (nSPS) is 12.4. The van der Waals surface area contributed by atoms with E-state index in [1.165, 1.54) is 17.0 Å². The lowest BCUT2D eigenvalue weighted by molar-refractivity contribution is -0.127. The summed E-state index contributed by atoms with van der Waals surface area (Å²) < 4.78 is 24.3. The number of aliphatic imine (C=N–C) groups is 1. The first kappa shape index (κ1) is 21.3. The molecule has 2 rings (SSSR count). The van der Waals surface area contributed by atoms with E-state index in [2.05, 4.69) is 15.6 Å². The smallest absolute Gasteiger partial charge is 0.243 e. The molecule has 1 aromatic heterocycles. The van der Waals surface area contributed by atoms with Crippen LogP contribution >= 0.6 is 0 Å². The summed E-state index contributed by atoms with van der Waals surface area (Å²) in [5.74, 6) is 1.37. The highest BCUT2D eigenvalue weighted by molar-refractivity contribution is 5.84. The molecule has 0 spiro atoms. The Kier molecular flexibility index (Phi) is 8.33. The molecule has 1 aromatic carbocycles. The van der Waals surface area contributed by atoms with Gasteiger partial charge in [0.2, 0.25) is 5.91 Å². The van der Waals surface area contributed by atoms with Gasteiger partial charge >= 0.3 is 0 Å². The third-order valence-electron chi connectivity index (χ3n) is 3.81. The molecule has 152 valence electrons. The highest BCUT2D eigenvalue weighted by Crippen LogP contribution is 2.13.